The van der Waals surface area contributed by atoms with Crippen molar-refractivity contribution in [3.05, 3.63) is 0 Å². The molecule has 0 radical (unpaired) electrons. The van der Waals surface area contributed by atoms with E-state index in [0.717, 1.165) is 0 Å². The van der Waals surface area contributed by atoms with Gasteiger partial charge in [0.05, 0.1) is 0 Å². The topological polar surface area (TPSA) is 59.1 Å². The second-order valence-electron chi connectivity index (χ2n) is 6.30. The van der Waals surface area contributed by atoms with Crippen molar-refractivity contribution >= 4 is 11.8 Å². The van der Waals surface area contributed by atoms with Crippen molar-refractivity contribution in [3.8, 4) is 0 Å². The number of hydrogen-bond donors (Lipinski definition) is 0. The summed E-state index contributed by atoms with van der Waals surface area (Å²) < 4.78 is 82.0. The van der Waals surface area contributed by atoms with E-state index in [1.807, 2.05) is 0 Å². The lowest BCUT2D eigenvalue weighted by Gasteiger charge is -2.41. The summed E-state index contributed by atoms with van der Waals surface area (Å²) in [5, 5.41) is 0. The molecule has 1 rings (SSSR count). The number of alkyl halides is 6. The number of amides is 2. The van der Waals surface area contributed by atoms with Crippen LogP contribution in [0.5, 0.6) is 0 Å². The van der Waals surface area contributed by atoms with Gasteiger partial charge >= 0.3 is 12.4 Å². The first-order chi connectivity index (χ1) is 12.2. The van der Waals surface area contributed by atoms with Gasteiger partial charge in [0.2, 0.25) is 0 Å². The highest BCUT2D eigenvalue weighted by atomic mass is 19.4. The fraction of sp³-hybridized carbons (Fsp3) is 0.867. The standard InChI is InChI=1S/C15H22F6N2O4/c1-9-6-22(12(24)10(2)26-7-14(16,17)18)4-5-23(9)13(25)11(3)27-8-15(19,20)21/h9-11H,4-8H2,1-3H3/t9-,10?,11?/m0/s1. The lowest BCUT2D eigenvalue weighted by Crippen LogP contribution is -2.58. The highest BCUT2D eigenvalue weighted by molar-refractivity contribution is 5.83. The van der Waals surface area contributed by atoms with Gasteiger partial charge in [-0.1, -0.05) is 0 Å². The zero-order valence-corrected chi connectivity index (χ0v) is 15.1. The summed E-state index contributed by atoms with van der Waals surface area (Å²) in [4.78, 5) is 26.9. The van der Waals surface area contributed by atoms with E-state index in [-0.39, 0.29) is 19.6 Å². The van der Waals surface area contributed by atoms with Gasteiger partial charge < -0.3 is 19.3 Å². The normalized spacial score (nSPS) is 21.1. The Hall–Kier alpha value is -1.56. The quantitative estimate of drug-likeness (QED) is 0.631. The van der Waals surface area contributed by atoms with Gasteiger partial charge in [-0.15, -0.1) is 0 Å². The van der Waals surface area contributed by atoms with Crippen LogP contribution < -0.4 is 0 Å². The summed E-state index contributed by atoms with van der Waals surface area (Å²) >= 11 is 0. The van der Waals surface area contributed by atoms with E-state index in [1.54, 1.807) is 6.92 Å². The molecule has 3 atom stereocenters. The molecule has 0 aromatic carbocycles. The van der Waals surface area contributed by atoms with Crippen LogP contribution in [0.2, 0.25) is 0 Å². The monoisotopic (exact) mass is 408 g/mol. The van der Waals surface area contributed by atoms with Crippen LogP contribution in [0.3, 0.4) is 0 Å². The number of halogens is 6. The highest BCUT2D eigenvalue weighted by Gasteiger charge is 2.36. The predicted octanol–water partition coefficient (Wildman–Crippen LogP) is 1.98. The number of carbonyl (C=O) groups excluding carboxylic acids is 2. The van der Waals surface area contributed by atoms with E-state index < -0.39 is 55.6 Å². The van der Waals surface area contributed by atoms with E-state index in [4.69, 9.17) is 0 Å². The van der Waals surface area contributed by atoms with Gasteiger partial charge in [-0.05, 0) is 20.8 Å². The lowest BCUT2D eigenvalue weighted by molar-refractivity contribution is -0.192. The number of hydrogen-bond acceptors (Lipinski definition) is 4. The Morgan fingerprint density at radius 1 is 0.926 bits per heavy atom. The number of carbonyl (C=O) groups is 2. The third-order valence-corrected chi connectivity index (χ3v) is 3.91. The molecule has 1 saturated heterocycles. The molecule has 2 unspecified atom stereocenters. The average molecular weight is 408 g/mol. The van der Waals surface area contributed by atoms with Crippen molar-refractivity contribution in [2.75, 3.05) is 32.8 Å². The van der Waals surface area contributed by atoms with Crippen LogP contribution in [-0.4, -0.2) is 85.1 Å². The van der Waals surface area contributed by atoms with E-state index >= 15 is 0 Å². The maximum absolute atomic E-state index is 12.2. The van der Waals surface area contributed by atoms with Crippen LogP contribution in [0, 0.1) is 0 Å². The molecule has 0 aromatic rings. The predicted molar refractivity (Wildman–Crippen MR) is 80.7 cm³/mol. The molecule has 158 valence electrons. The molecule has 2 amide bonds. The number of piperazine rings is 1. The van der Waals surface area contributed by atoms with Crippen LogP contribution >= 0.6 is 0 Å². The fourth-order valence-corrected chi connectivity index (χ4v) is 2.56. The number of ether oxygens (including phenoxy) is 2. The molecule has 1 fully saturated rings. The zero-order chi connectivity index (χ0) is 21.0. The Balaban J connectivity index is 2.55. The second-order valence-corrected chi connectivity index (χ2v) is 6.30. The van der Waals surface area contributed by atoms with E-state index in [2.05, 4.69) is 9.47 Å². The van der Waals surface area contributed by atoms with Crippen LogP contribution in [0.15, 0.2) is 0 Å². The van der Waals surface area contributed by atoms with Crippen molar-refractivity contribution in [1.29, 1.82) is 0 Å². The van der Waals surface area contributed by atoms with Gasteiger partial charge in [0, 0.05) is 25.7 Å². The Morgan fingerprint density at radius 2 is 1.37 bits per heavy atom. The molecule has 0 N–H and O–H groups in total. The van der Waals surface area contributed by atoms with E-state index in [9.17, 15) is 35.9 Å². The molecule has 12 heteroatoms. The SMILES string of the molecule is CC(OCC(F)(F)F)C(=O)N1CCN(C(=O)C(C)OCC(F)(F)F)[C@@H](C)C1. The smallest absolute Gasteiger partial charge is 0.359 e. The van der Waals surface area contributed by atoms with Crippen molar-refractivity contribution in [2.45, 2.75) is 51.4 Å². The Bertz CT molecular complexity index is 525. The lowest BCUT2D eigenvalue weighted by atomic mass is 10.1. The minimum Gasteiger partial charge on any atom is -0.359 e. The minimum absolute atomic E-state index is 0.0241. The van der Waals surface area contributed by atoms with Crippen molar-refractivity contribution in [1.82, 2.24) is 9.80 Å². The Kier molecular flexibility index (Phi) is 7.90. The van der Waals surface area contributed by atoms with E-state index in [0.29, 0.717) is 0 Å². The molecule has 1 aliphatic heterocycles. The van der Waals surface area contributed by atoms with Gasteiger partial charge in [0.25, 0.3) is 11.8 Å². The zero-order valence-electron chi connectivity index (χ0n) is 15.1. The maximum atomic E-state index is 12.2. The van der Waals surface area contributed by atoms with Gasteiger partial charge in [0.1, 0.15) is 25.4 Å². The molecular weight excluding hydrogens is 386 g/mol. The highest BCUT2D eigenvalue weighted by Crippen LogP contribution is 2.19. The summed E-state index contributed by atoms with van der Waals surface area (Å²) in [5.41, 5.74) is 0. The summed E-state index contributed by atoms with van der Waals surface area (Å²) in [6, 6.07) is -0.540. The van der Waals surface area contributed by atoms with Crippen molar-refractivity contribution in [2.24, 2.45) is 0 Å². The molecule has 1 heterocycles. The van der Waals surface area contributed by atoms with Crippen LogP contribution in [0.1, 0.15) is 20.8 Å². The van der Waals surface area contributed by atoms with Crippen LogP contribution in [-0.2, 0) is 19.1 Å². The first kappa shape index (κ1) is 23.5. The molecule has 0 spiro atoms. The third kappa shape index (κ3) is 7.91. The largest absolute Gasteiger partial charge is 0.411 e. The molecule has 0 saturated carbocycles. The summed E-state index contributed by atoms with van der Waals surface area (Å²) in [6.45, 7) is 0.945. The second kappa shape index (κ2) is 9.09. The van der Waals surface area contributed by atoms with E-state index in [1.165, 1.54) is 23.6 Å². The molecule has 27 heavy (non-hydrogen) atoms. The van der Waals surface area contributed by atoms with Gasteiger partial charge in [-0.2, -0.15) is 26.3 Å². The van der Waals surface area contributed by atoms with Crippen LogP contribution in [0.4, 0.5) is 26.3 Å². The molecule has 6 nitrogen and oxygen atoms in total. The number of rotatable bonds is 6. The molecular formula is C15H22F6N2O4. The van der Waals surface area contributed by atoms with Crippen molar-refractivity contribution in [3.63, 3.8) is 0 Å². The summed E-state index contributed by atoms with van der Waals surface area (Å²) in [7, 11) is 0. The van der Waals surface area contributed by atoms with Crippen LogP contribution in [0.25, 0.3) is 0 Å². The molecule has 0 aliphatic carbocycles. The summed E-state index contributed by atoms with van der Waals surface area (Å²) in [6.07, 6.45) is -11.7. The first-order valence-corrected chi connectivity index (χ1v) is 8.17. The molecule has 0 bridgehead atoms. The third-order valence-electron chi connectivity index (χ3n) is 3.91. The van der Waals surface area contributed by atoms with Gasteiger partial charge in [-0.3, -0.25) is 9.59 Å². The summed E-state index contributed by atoms with van der Waals surface area (Å²) in [5.74, 6) is -1.31. The Labute approximate surface area is 152 Å². The Morgan fingerprint density at radius 3 is 1.78 bits per heavy atom. The fourth-order valence-electron chi connectivity index (χ4n) is 2.56. The first-order valence-electron chi connectivity index (χ1n) is 8.17. The molecule has 0 aromatic heterocycles. The average Bonchev–Trinajstić information content (AvgIpc) is 2.54. The van der Waals surface area contributed by atoms with Gasteiger partial charge in [-0.25, -0.2) is 0 Å². The van der Waals surface area contributed by atoms with Crippen molar-refractivity contribution < 1.29 is 45.4 Å². The van der Waals surface area contributed by atoms with Gasteiger partial charge in [0.15, 0.2) is 0 Å². The number of nitrogens with zero attached hydrogens (tertiary/aromatic N) is 2. The minimum atomic E-state index is -4.56. The maximum Gasteiger partial charge on any atom is 0.411 e. The molecule has 1 aliphatic rings.